The van der Waals surface area contributed by atoms with Crippen LogP contribution in [0.2, 0.25) is 0 Å². The third-order valence-electron chi connectivity index (χ3n) is 2.62. The third kappa shape index (κ3) is 3.25. The Morgan fingerprint density at radius 2 is 2.36 bits per heavy atom. The van der Waals surface area contributed by atoms with Gasteiger partial charge in [0.2, 0.25) is 0 Å². The summed E-state index contributed by atoms with van der Waals surface area (Å²) in [6.45, 7) is 5.48. The molecule has 1 rings (SSSR count). The van der Waals surface area contributed by atoms with Gasteiger partial charge in [0.05, 0.1) is 0 Å². The van der Waals surface area contributed by atoms with Gasteiger partial charge in [-0.05, 0) is 24.6 Å². The molecule has 0 aliphatic rings. The molecule has 0 saturated carbocycles. The second-order valence-electron chi connectivity index (χ2n) is 3.73. The van der Waals surface area contributed by atoms with Crippen molar-refractivity contribution in [3.05, 3.63) is 11.1 Å². The number of rotatable bonds is 6. The van der Waals surface area contributed by atoms with Gasteiger partial charge in [0.1, 0.15) is 6.33 Å². The van der Waals surface area contributed by atoms with Crippen LogP contribution in [0.1, 0.15) is 39.5 Å². The highest BCUT2D eigenvalue weighted by molar-refractivity contribution is 7.71. The van der Waals surface area contributed by atoms with E-state index < -0.39 is 0 Å². The second kappa shape index (κ2) is 5.96. The van der Waals surface area contributed by atoms with Gasteiger partial charge in [0.15, 0.2) is 4.77 Å². The molecule has 1 N–H and O–H groups in total. The normalized spacial score (nSPS) is 13.0. The van der Waals surface area contributed by atoms with Crippen LogP contribution in [0.4, 0.5) is 0 Å². The monoisotopic (exact) mass is 213 g/mol. The summed E-state index contributed by atoms with van der Waals surface area (Å²) in [7, 11) is 0. The van der Waals surface area contributed by atoms with E-state index in [1.807, 2.05) is 4.57 Å². The molecule has 1 unspecified atom stereocenters. The number of aromatic amines is 1. The molecular weight excluding hydrogens is 194 g/mol. The molecule has 0 fully saturated rings. The van der Waals surface area contributed by atoms with E-state index in [0.717, 1.165) is 17.2 Å². The summed E-state index contributed by atoms with van der Waals surface area (Å²) in [4.78, 5) is 0. The molecule has 0 aromatic carbocycles. The van der Waals surface area contributed by atoms with Gasteiger partial charge >= 0.3 is 0 Å². The number of H-pyrrole nitrogens is 1. The van der Waals surface area contributed by atoms with Crippen molar-refractivity contribution in [2.75, 3.05) is 0 Å². The van der Waals surface area contributed by atoms with E-state index in [0.29, 0.717) is 0 Å². The van der Waals surface area contributed by atoms with Crippen LogP contribution in [-0.4, -0.2) is 14.8 Å². The molecule has 0 aliphatic heterocycles. The van der Waals surface area contributed by atoms with Crippen LogP contribution in [-0.2, 0) is 6.54 Å². The Kier molecular flexibility index (Phi) is 4.87. The molecule has 1 aromatic rings. The summed E-state index contributed by atoms with van der Waals surface area (Å²) in [6, 6.07) is 0. The fraction of sp³-hybridized carbons (Fsp3) is 0.800. The molecule has 14 heavy (non-hydrogen) atoms. The Morgan fingerprint density at radius 1 is 1.57 bits per heavy atom. The summed E-state index contributed by atoms with van der Waals surface area (Å²) >= 11 is 5.11. The van der Waals surface area contributed by atoms with Crippen molar-refractivity contribution >= 4 is 12.2 Å². The van der Waals surface area contributed by atoms with Crippen LogP contribution < -0.4 is 0 Å². The maximum Gasteiger partial charge on any atom is 0.194 e. The topological polar surface area (TPSA) is 33.6 Å². The van der Waals surface area contributed by atoms with Crippen molar-refractivity contribution < 1.29 is 0 Å². The Hall–Kier alpha value is -0.640. The average Bonchev–Trinajstić information content (AvgIpc) is 2.59. The highest BCUT2D eigenvalue weighted by Crippen LogP contribution is 2.14. The number of unbranched alkanes of at least 4 members (excludes halogenated alkanes) is 1. The first kappa shape index (κ1) is 11.4. The van der Waals surface area contributed by atoms with Crippen LogP contribution in [0.25, 0.3) is 0 Å². The van der Waals surface area contributed by atoms with E-state index in [1.54, 1.807) is 6.33 Å². The lowest BCUT2D eigenvalue weighted by Crippen LogP contribution is -2.09. The Morgan fingerprint density at radius 3 is 2.86 bits per heavy atom. The van der Waals surface area contributed by atoms with Crippen LogP contribution in [0.5, 0.6) is 0 Å². The maximum atomic E-state index is 5.11. The van der Waals surface area contributed by atoms with E-state index in [9.17, 15) is 0 Å². The summed E-state index contributed by atoms with van der Waals surface area (Å²) < 4.78 is 2.76. The van der Waals surface area contributed by atoms with Crippen molar-refractivity contribution in [1.82, 2.24) is 14.8 Å². The number of hydrogen-bond donors (Lipinski definition) is 1. The molecule has 3 nitrogen and oxygen atoms in total. The van der Waals surface area contributed by atoms with Crippen molar-refractivity contribution in [3.63, 3.8) is 0 Å². The molecule has 1 heterocycles. The quantitative estimate of drug-likeness (QED) is 0.736. The third-order valence-corrected chi connectivity index (χ3v) is 2.94. The minimum atomic E-state index is 0.735. The number of nitrogens with zero attached hydrogens (tertiary/aromatic N) is 2. The lowest BCUT2D eigenvalue weighted by molar-refractivity contribution is 0.388. The molecular formula is C10H19N3S. The molecule has 0 aliphatic carbocycles. The van der Waals surface area contributed by atoms with E-state index in [1.165, 1.54) is 25.7 Å². The van der Waals surface area contributed by atoms with E-state index in [2.05, 4.69) is 24.0 Å². The Labute approximate surface area is 90.5 Å². The first-order valence-electron chi connectivity index (χ1n) is 5.37. The molecule has 0 saturated heterocycles. The predicted molar refractivity (Wildman–Crippen MR) is 60.7 cm³/mol. The van der Waals surface area contributed by atoms with Gasteiger partial charge in [0.25, 0.3) is 0 Å². The van der Waals surface area contributed by atoms with Gasteiger partial charge in [0, 0.05) is 6.54 Å². The fourth-order valence-electron chi connectivity index (χ4n) is 1.60. The molecule has 1 aromatic heterocycles. The van der Waals surface area contributed by atoms with Crippen LogP contribution in [0, 0.1) is 10.7 Å². The predicted octanol–water partition coefficient (Wildman–Crippen LogP) is 3.16. The summed E-state index contributed by atoms with van der Waals surface area (Å²) in [6.07, 6.45) is 6.88. The number of nitrogens with one attached hydrogen (secondary N) is 1. The largest absolute Gasteiger partial charge is 0.306 e. The lowest BCUT2D eigenvalue weighted by Gasteiger charge is -2.14. The van der Waals surface area contributed by atoms with E-state index in [-0.39, 0.29) is 0 Å². The molecule has 1 atom stereocenters. The molecule has 4 heteroatoms. The number of hydrogen-bond acceptors (Lipinski definition) is 2. The van der Waals surface area contributed by atoms with Gasteiger partial charge in [-0.25, -0.2) is 0 Å². The maximum absolute atomic E-state index is 5.11. The molecule has 0 bridgehead atoms. The first-order valence-corrected chi connectivity index (χ1v) is 5.78. The minimum absolute atomic E-state index is 0.735. The van der Waals surface area contributed by atoms with Gasteiger partial charge in [-0.15, -0.1) is 0 Å². The van der Waals surface area contributed by atoms with Gasteiger partial charge in [-0.3, -0.25) is 5.10 Å². The average molecular weight is 213 g/mol. The lowest BCUT2D eigenvalue weighted by atomic mass is 9.99. The standard InChI is InChI=1S/C10H19N3S/c1-3-5-6-9(4-2)7-13-8-11-12-10(13)14/h8-9H,3-7H2,1-2H3,(H,12,14). The van der Waals surface area contributed by atoms with Gasteiger partial charge in [-0.2, -0.15) is 5.10 Å². The first-order chi connectivity index (χ1) is 6.77. The van der Waals surface area contributed by atoms with Crippen molar-refractivity contribution in [3.8, 4) is 0 Å². The van der Waals surface area contributed by atoms with E-state index in [4.69, 9.17) is 12.2 Å². The molecule has 0 amide bonds. The zero-order chi connectivity index (χ0) is 10.4. The fourth-order valence-corrected chi connectivity index (χ4v) is 1.77. The Balaban J connectivity index is 2.48. The summed E-state index contributed by atoms with van der Waals surface area (Å²) in [5.41, 5.74) is 0. The van der Waals surface area contributed by atoms with Crippen molar-refractivity contribution in [2.24, 2.45) is 5.92 Å². The number of aromatic nitrogens is 3. The van der Waals surface area contributed by atoms with Crippen LogP contribution in [0.3, 0.4) is 0 Å². The highest BCUT2D eigenvalue weighted by Gasteiger charge is 2.07. The second-order valence-corrected chi connectivity index (χ2v) is 4.12. The van der Waals surface area contributed by atoms with Crippen LogP contribution in [0.15, 0.2) is 6.33 Å². The van der Waals surface area contributed by atoms with Crippen LogP contribution >= 0.6 is 12.2 Å². The zero-order valence-electron chi connectivity index (χ0n) is 8.99. The summed E-state index contributed by atoms with van der Waals surface area (Å²) in [5, 5.41) is 6.71. The summed E-state index contributed by atoms with van der Waals surface area (Å²) in [5.74, 6) is 0.735. The molecule has 80 valence electrons. The smallest absolute Gasteiger partial charge is 0.194 e. The highest BCUT2D eigenvalue weighted by atomic mass is 32.1. The van der Waals surface area contributed by atoms with E-state index >= 15 is 0 Å². The molecule has 0 spiro atoms. The zero-order valence-corrected chi connectivity index (χ0v) is 9.81. The van der Waals surface area contributed by atoms with Gasteiger partial charge in [-0.1, -0.05) is 33.1 Å². The molecule has 0 radical (unpaired) electrons. The van der Waals surface area contributed by atoms with Crippen molar-refractivity contribution in [2.45, 2.75) is 46.1 Å². The minimum Gasteiger partial charge on any atom is -0.306 e. The Bertz CT molecular complexity index is 302. The SMILES string of the molecule is CCCCC(CC)Cn1cn[nH]c1=S. The van der Waals surface area contributed by atoms with Crippen molar-refractivity contribution in [1.29, 1.82) is 0 Å². The van der Waals surface area contributed by atoms with Gasteiger partial charge < -0.3 is 4.57 Å².